The Morgan fingerprint density at radius 1 is 1.04 bits per heavy atom. The molecule has 2 aromatic carbocycles. The minimum Gasteiger partial charge on any atom is -0.356 e. The van der Waals surface area contributed by atoms with Gasteiger partial charge in [0.05, 0.1) is 11.3 Å². The number of sulfone groups is 1. The molecule has 2 aromatic rings. The number of carbonyl (C=O) groups excluding carboxylic acids is 1. The summed E-state index contributed by atoms with van der Waals surface area (Å²) < 4.78 is 60.2. The van der Waals surface area contributed by atoms with Gasteiger partial charge in [-0.2, -0.15) is 13.2 Å². The molecular formula is C16H13F3N2O3S. The topological polar surface area (TPSA) is 66.5 Å². The van der Waals surface area contributed by atoms with Crippen molar-refractivity contribution in [1.82, 2.24) is 0 Å². The van der Waals surface area contributed by atoms with Crippen LogP contribution in [0.15, 0.2) is 47.4 Å². The average molecular weight is 370 g/mol. The maximum atomic E-state index is 12.5. The molecule has 1 amide bonds. The monoisotopic (exact) mass is 370 g/mol. The molecule has 5 nitrogen and oxygen atoms in total. The van der Waals surface area contributed by atoms with Crippen LogP contribution in [0, 0.1) is 0 Å². The van der Waals surface area contributed by atoms with E-state index in [1.807, 2.05) is 0 Å². The first-order valence-corrected chi connectivity index (χ1v) is 8.66. The van der Waals surface area contributed by atoms with Gasteiger partial charge in [-0.1, -0.05) is 0 Å². The fourth-order valence-electron chi connectivity index (χ4n) is 2.57. The zero-order valence-corrected chi connectivity index (χ0v) is 13.8. The third kappa shape index (κ3) is 3.07. The van der Waals surface area contributed by atoms with Gasteiger partial charge in [0.2, 0.25) is 5.91 Å². The van der Waals surface area contributed by atoms with E-state index in [2.05, 4.69) is 5.32 Å². The Balaban J connectivity index is 1.82. The highest BCUT2D eigenvalue weighted by atomic mass is 32.2. The van der Waals surface area contributed by atoms with Crippen molar-refractivity contribution in [3.05, 3.63) is 48.0 Å². The van der Waals surface area contributed by atoms with Crippen molar-refractivity contribution in [2.45, 2.75) is 16.8 Å². The molecule has 0 radical (unpaired) electrons. The summed E-state index contributed by atoms with van der Waals surface area (Å²) in [6.45, 7) is 0. The van der Waals surface area contributed by atoms with Crippen LogP contribution >= 0.6 is 0 Å². The van der Waals surface area contributed by atoms with Crippen LogP contribution in [0.25, 0.3) is 0 Å². The Morgan fingerprint density at radius 3 is 2.24 bits per heavy atom. The molecule has 3 rings (SSSR count). The normalized spacial score (nSPS) is 14.6. The Labute approximate surface area is 142 Å². The lowest BCUT2D eigenvalue weighted by molar-refractivity contribution is -0.117. The first-order valence-electron chi connectivity index (χ1n) is 7.17. The van der Waals surface area contributed by atoms with Crippen LogP contribution in [-0.4, -0.2) is 26.9 Å². The molecule has 0 bridgehead atoms. The molecule has 0 unspecified atom stereocenters. The smallest absolute Gasteiger partial charge is 0.356 e. The van der Waals surface area contributed by atoms with Crippen molar-refractivity contribution in [2.75, 3.05) is 17.3 Å². The van der Waals surface area contributed by atoms with Crippen molar-refractivity contribution in [3.8, 4) is 0 Å². The number of likely N-dealkylation sites (N-methyl/N-ethyl adjacent to an activating group) is 1. The number of benzene rings is 2. The fourth-order valence-corrected chi connectivity index (χ4v) is 3.33. The van der Waals surface area contributed by atoms with E-state index < -0.39 is 20.2 Å². The first-order chi connectivity index (χ1) is 11.6. The van der Waals surface area contributed by atoms with Crippen LogP contribution in [0.2, 0.25) is 0 Å². The second-order valence-electron chi connectivity index (χ2n) is 5.57. The van der Waals surface area contributed by atoms with E-state index in [9.17, 15) is 26.4 Å². The highest BCUT2D eigenvalue weighted by molar-refractivity contribution is 7.92. The summed E-state index contributed by atoms with van der Waals surface area (Å²) in [4.78, 5) is 12.4. The lowest BCUT2D eigenvalue weighted by Gasteiger charge is -2.12. The van der Waals surface area contributed by atoms with E-state index in [-0.39, 0.29) is 12.3 Å². The third-order valence-corrected chi connectivity index (χ3v) is 5.42. The standard InChI is InChI=1S/C16H13F3N2O3S/c1-21-14-7-4-12(8-10(14)9-15(21)22)20-11-2-5-13(6-3-11)25(23,24)16(17,18)19/h2-8,20H,9H2,1H3. The van der Waals surface area contributed by atoms with Crippen LogP contribution in [0.4, 0.5) is 30.2 Å². The zero-order valence-electron chi connectivity index (χ0n) is 13.0. The molecule has 1 aliphatic rings. The number of anilines is 3. The maximum Gasteiger partial charge on any atom is 0.501 e. The summed E-state index contributed by atoms with van der Waals surface area (Å²) in [7, 11) is -3.68. The lowest BCUT2D eigenvalue weighted by Crippen LogP contribution is -2.23. The molecule has 132 valence electrons. The molecule has 25 heavy (non-hydrogen) atoms. The van der Waals surface area contributed by atoms with Gasteiger partial charge in [-0.25, -0.2) is 8.42 Å². The van der Waals surface area contributed by atoms with Crippen molar-refractivity contribution >= 4 is 32.8 Å². The zero-order chi connectivity index (χ0) is 18.4. The first kappa shape index (κ1) is 17.3. The molecular weight excluding hydrogens is 357 g/mol. The minimum atomic E-state index is -5.36. The summed E-state index contributed by atoms with van der Waals surface area (Å²) in [5.41, 5.74) is -2.61. The van der Waals surface area contributed by atoms with Gasteiger partial charge >= 0.3 is 5.51 Å². The van der Waals surface area contributed by atoms with Gasteiger partial charge in [-0.05, 0) is 48.0 Å². The highest BCUT2D eigenvalue weighted by Gasteiger charge is 2.46. The summed E-state index contributed by atoms with van der Waals surface area (Å²) in [5.74, 6) is -0.0196. The van der Waals surface area contributed by atoms with Gasteiger partial charge in [0.15, 0.2) is 0 Å². The summed E-state index contributed by atoms with van der Waals surface area (Å²) in [6, 6.07) is 9.58. The van der Waals surface area contributed by atoms with Crippen molar-refractivity contribution in [2.24, 2.45) is 0 Å². The summed E-state index contributed by atoms with van der Waals surface area (Å²) in [5, 5.41) is 2.97. The number of nitrogens with one attached hydrogen (secondary N) is 1. The van der Waals surface area contributed by atoms with Crippen molar-refractivity contribution in [1.29, 1.82) is 0 Å². The second-order valence-corrected chi connectivity index (χ2v) is 7.51. The molecule has 0 fully saturated rings. The quantitative estimate of drug-likeness (QED) is 0.901. The average Bonchev–Trinajstić information content (AvgIpc) is 2.81. The van der Waals surface area contributed by atoms with Crippen LogP contribution in [0.1, 0.15) is 5.56 Å². The molecule has 0 spiro atoms. The van der Waals surface area contributed by atoms with E-state index in [0.717, 1.165) is 23.4 Å². The van der Waals surface area contributed by atoms with E-state index in [1.165, 1.54) is 12.1 Å². The molecule has 0 aliphatic carbocycles. The Morgan fingerprint density at radius 2 is 1.64 bits per heavy atom. The number of carbonyl (C=O) groups is 1. The van der Waals surface area contributed by atoms with E-state index >= 15 is 0 Å². The summed E-state index contributed by atoms with van der Waals surface area (Å²) >= 11 is 0. The Hall–Kier alpha value is -2.55. The number of halogens is 3. The number of nitrogens with zero attached hydrogens (tertiary/aromatic N) is 1. The summed E-state index contributed by atoms with van der Waals surface area (Å²) in [6.07, 6.45) is 0.282. The minimum absolute atomic E-state index is 0.0196. The van der Waals surface area contributed by atoms with Crippen LogP contribution < -0.4 is 10.2 Å². The number of fused-ring (bicyclic) bond motifs is 1. The molecule has 1 aliphatic heterocycles. The fraction of sp³-hybridized carbons (Fsp3) is 0.188. The van der Waals surface area contributed by atoms with Gasteiger partial charge < -0.3 is 10.2 Å². The van der Waals surface area contributed by atoms with Gasteiger partial charge in [-0.3, -0.25) is 4.79 Å². The molecule has 0 aromatic heterocycles. The predicted octanol–water partition coefficient (Wildman–Crippen LogP) is 3.24. The van der Waals surface area contributed by atoms with Crippen LogP contribution in [-0.2, 0) is 21.1 Å². The largest absolute Gasteiger partial charge is 0.501 e. The van der Waals surface area contributed by atoms with Gasteiger partial charge in [0.25, 0.3) is 9.84 Å². The number of hydrogen-bond donors (Lipinski definition) is 1. The van der Waals surface area contributed by atoms with E-state index in [1.54, 1.807) is 30.1 Å². The van der Waals surface area contributed by atoms with Crippen LogP contribution in [0.5, 0.6) is 0 Å². The predicted molar refractivity (Wildman–Crippen MR) is 86.5 cm³/mol. The van der Waals surface area contributed by atoms with Gasteiger partial charge in [-0.15, -0.1) is 0 Å². The van der Waals surface area contributed by atoms with E-state index in [0.29, 0.717) is 11.4 Å². The van der Waals surface area contributed by atoms with Crippen LogP contribution in [0.3, 0.4) is 0 Å². The maximum absolute atomic E-state index is 12.5. The third-order valence-electron chi connectivity index (χ3n) is 3.91. The molecule has 9 heteroatoms. The Bertz CT molecular complexity index is 938. The van der Waals surface area contributed by atoms with Gasteiger partial charge in [0.1, 0.15) is 0 Å². The van der Waals surface area contributed by atoms with Crippen molar-refractivity contribution in [3.63, 3.8) is 0 Å². The highest BCUT2D eigenvalue weighted by Crippen LogP contribution is 2.33. The Kier molecular flexibility index (Phi) is 3.98. The molecule has 1 heterocycles. The van der Waals surface area contributed by atoms with Crippen molar-refractivity contribution < 1.29 is 26.4 Å². The van der Waals surface area contributed by atoms with E-state index in [4.69, 9.17) is 0 Å². The molecule has 1 N–H and O–H groups in total. The SMILES string of the molecule is CN1C(=O)Cc2cc(Nc3ccc(S(=O)(=O)C(F)(F)F)cc3)ccc21. The number of amides is 1. The van der Waals surface area contributed by atoms with Gasteiger partial charge in [0, 0.05) is 24.1 Å². The molecule has 0 atom stereocenters. The number of hydrogen-bond acceptors (Lipinski definition) is 4. The number of rotatable bonds is 3. The molecule has 0 saturated carbocycles. The molecule has 0 saturated heterocycles. The number of alkyl halides is 3. The second kappa shape index (κ2) is 5.76. The lowest BCUT2D eigenvalue weighted by atomic mass is 10.1.